The number of nitrogens with two attached hydrogens (primary N) is 1. The van der Waals surface area contributed by atoms with E-state index in [9.17, 15) is 0 Å². The van der Waals surface area contributed by atoms with E-state index in [1.54, 1.807) is 0 Å². The van der Waals surface area contributed by atoms with E-state index in [0.29, 0.717) is 36.3 Å². The van der Waals surface area contributed by atoms with Gasteiger partial charge in [-0.25, -0.2) is 0 Å². The molecule has 0 saturated carbocycles. The minimum atomic E-state index is 0.179. The molecular weight excluding hydrogens is 436 g/mol. The minimum absolute atomic E-state index is 0.179. The van der Waals surface area contributed by atoms with Crippen LogP contribution in [0.15, 0.2) is 40.9 Å². The fraction of sp³-hybridized carbons (Fsp3) is 0.235. The van der Waals surface area contributed by atoms with E-state index in [-0.39, 0.29) is 5.95 Å². The van der Waals surface area contributed by atoms with Crippen LogP contribution in [-0.2, 0) is 13.2 Å². The van der Waals surface area contributed by atoms with Gasteiger partial charge in [0.15, 0.2) is 11.5 Å². The summed E-state index contributed by atoms with van der Waals surface area (Å²) in [4.78, 5) is 1.30. The average Bonchev–Trinajstić information content (AvgIpc) is 3.06. The number of ether oxygens (including phenoxy) is 2. The van der Waals surface area contributed by atoms with Crippen molar-refractivity contribution in [3.8, 4) is 11.5 Å². The second kappa shape index (κ2) is 8.92. The van der Waals surface area contributed by atoms with E-state index in [1.807, 2.05) is 43.3 Å². The summed E-state index contributed by atoms with van der Waals surface area (Å²) < 4.78 is 12.5. The summed E-state index contributed by atoms with van der Waals surface area (Å²) in [5, 5.41) is 11.5. The van der Waals surface area contributed by atoms with Crippen LogP contribution in [0.5, 0.6) is 11.5 Å². The Kier molecular flexibility index (Phi) is 6.36. The number of hydrogen-bond acceptors (Lipinski definition) is 7. The van der Waals surface area contributed by atoms with Crippen molar-refractivity contribution in [3.63, 3.8) is 0 Å². The molecule has 0 aliphatic heterocycles. The van der Waals surface area contributed by atoms with Crippen molar-refractivity contribution >= 4 is 33.5 Å². The summed E-state index contributed by atoms with van der Waals surface area (Å²) in [6.45, 7) is 3.19. The van der Waals surface area contributed by atoms with Crippen molar-refractivity contribution in [2.24, 2.45) is 0 Å². The molecule has 0 atom stereocenters. The maximum absolute atomic E-state index is 6.20. The molecule has 0 aliphatic rings. The lowest BCUT2D eigenvalue weighted by atomic mass is 10.2. The lowest BCUT2D eigenvalue weighted by Crippen LogP contribution is -2.18. The van der Waals surface area contributed by atoms with Gasteiger partial charge in [-0.05, 0) is 57.0 Å². The van der Waals surface area contributed by atoms with E-state index in [1.165, 1.54) is 4.79 Å². The molecular formula is C17H18BrClN6O2. The van der Waals surface area contributed by atoms with Gasteiger partial charge in [-0.3, -0.25) is 0 Å². The molecule has 2 aromatic carbocycles. The number of aromatic nitrogens is 4. The molecule has 0 unspecified atom stereocenters. The van der Waals surface area contributed by atoms with Crippen molar-refractivity contribution in [1.29, 1.82) is 0 Å². The molecule has 1 heterocycles. The first-order chi connectivity index (χ1) is 13.1. The Balaban J connectivity index is 1.77. The van der Waals surface area contributed by atoms with Crippen LogP contribution < -0.4 is 20.6 Å². The van der Waals surface area contributed by atoms with Gasteiger partial charge in [0.1, 0.15) is 6.61 Å². The Bertz CT molecular complexity index is 920. The fourth-order valence-corrected chi connectivity index (χ4v) is 3.16. The van der Waals surface area contributed by atoms with Crippen LogP contribution in [0.25, 0.3) is 0 Å². The summed E-state index contributed by atoms with van der Waals surface area (Å²) in [5.74, 6) is 1.42. The molecule has 3 aromatic rings. The van der Waals surface area contributed by atoms with Crippen LogP contribution in [0.4, 0.5) is 5.95 Å². The Morgan fingerprint density at radius 3 is 2.78 bits per heavy atom. The Morgan fingerprint density at radius 2 is 2.07 bits per heavy atom. The van der Waals surface area contributed by atoms with Gasteiger partial charge in [0, 0.05) is 10.6 Å². The number of nitrogens with zero attached hydrogens (tertiary/aromatic N) is 4. The zero-order valence-electron chi connectivity index (χ0n) is 14.5. The van der Waals surface area contributed by atoms with Gasteiger partial charge >= 0.3 is 0 Å². The standard InChI is InChI=1S/C17H18BrClN6O2/c1-2-26-15-8-11(9-21-25-17(20)22-23-24-25)7-13(18)16(15)27-10-12-5-3-4-6-14(12)19/h3-8,21H,2,9-10H2,1H3,(H2,20,22,24). The predicted molar refractivity (Wildman–Crippen MR) is 106 cm³/mol. The average molecular weight is 454 g/mol. The summed E-state index contributed by atoms with van der Waals surface area (Å²) in [5.41, 5.74) is 10.5. The smallest absolute Gasteiger partial charge is 0.260 e. The second-order valence-corrected chi connectivity index (χ2v) is 6.76. The van der Waals surface area contributed by atoms with Gasteiger partial charge in [-0.2, -0.15) is 0 Å². The second-order valence-electron chi connectivity index (χ2n) is 5.50. The molecule has 0 fully saturated rings. The zero-order valence-corrected chi connectivity index (χ0v) is 16.9. The molecule has 0 bridgehead atoms. The fourth-order valence-electron chi connectivity index (χ4n) is 2.36. The monoisotopic (exact) mass is 452 g/mol. The quantitative estimate of drug-likeness (QED) is 0.539. The number of benzene rings is 2. The van der Waals surface area contributed by atoms with Crippen LogP contribution in [0.2, 0.25) is 5.02 Å². The van der Waals surface area contributed by atoms with E-state index < -0.39 is 0 Å². The third kappa shape index (κ3) is 4.81. The number of halogens is 2. The molecule has 1 aromatic heterocycles. The van der Waals surface area contributed by atoms with Gasteiger partial charge in [0.2, 0.25) is 0 Å². The maximum atomic E-state index is 6.20. The minimum Gasteiger partial charge on any atom is -0.490 e. The van der Waals surface area contributed by atoms with Gasteiger partial charge in [-0.1, -0.05) is 34.9 Å². The topological polar surface area (TPSA) is 100 Å². The largest absolute Gasteiger partial charge is 0.490 e. The van der Waals surface area contributed by atoms with Gasteiger partial charge in [0.05, 0.1) is 17.6 Å². The molecule has 27 heavy (non-hydrogen) atoms. The molecule has 0 spiro atoms. The van der Waals surface area contributed by atoms with E-state index in [4.69, 9.17) is 26.8 Å². The molecule has 0 radical (unpaired) electrons. The van der Waals surface area contributed by atoms with Crippen molar-refractivity contribution in [2.45, 2.75) is 20.1 Å². The third-order valence-corrected chi connectivity index (χ3v) is 4.58. The summed E-state index contributed by atoms with van der Waals surface area (Å²) in [7, 11) is 0. The van der Waals surface area contributed by atoms with Crippen LogP contribution in [0, 0.1) is 0 Å². The van der Waals surface area contributed by atoms with Crippen molar-refractivity contribution in [3.05, 3.63) is 57.0 Å². The highest BCUT2D eigenvalue weighted by Gasteiger charge is 2.14. The highest BCUT2D eigenvalue weighted by Crippen LogP contribution is 2.37. The Hall–Kier alpha value is -2.52. The van der Waals surface area contributed by atoms with E-state index >= 15 is 0 Å². The van der Waals surface area contributed by atoms with Crippen molar-refractivity contribution < 1.29 is 9.47 Å². The first kappa shape index (κ1) is 19.2. The van der Waals surface area contributed by atoms with Crippen LogP contribution in [-0.4, -0.2) is 26.9 Å². The SMILES string of the molecule is CCOc1cc(CNn2nnnc2N)cc(Br)c1OCc1ccccc1Cl. The number of anilines is 1. The number of rotatable bonds is 8. The lowest BCUT2D eigenvalue weighted by molar-refractivity contribution is 0.267. The molecule has 10 heteroatoms. The number of hydrogen-bond donors (Lipinski definition) is 2. The molecule has 0 amide bonds. The number of nitrogen functional groups attached to an aromatic ring is 1. The Morgan fingerprint density at radius 1 is 1.26 bits per heavy atom. The third-order valence-electron chi connectivity index (χ3n) is 3.63. The van der Waals surface area contributed by atoms with Crippen LogP contribution >= 0.6 is 27.5 Å². The number of nitrogens with one attached hydrogen (secondary N) is 1. The molecule has 3 rings (SSSR count). The molecule has 3 N–H and O–H groups in total. The van der Waals surface area contributed by atoms with Gasteiger partial charge < -0.3 is 20.6 Å². The summed E-state index contributed by atoms with van der Waals surface area (Å²) in [6, 6.07) is 11.4. The first-order valence-electron chi connectivity index (χ1n) is 8.17. The highest BCUT2D eigenvalue weighted by atomic mass is 79.9. The summed E-state index contributed by atoms with van der Waals surface area (Å²) >= 11 is 9.76. The van der Waals surface area contributed by atoms with Crippen LogP contribution in [0.3, 0.4) is 0 Å². The van der Waals surface area contributed by atoms with E-state index in [0.717, 1.165) is 15.6 Å². The molecule has 0 saturated heterocycles. The molecule has 8 nitrogen and oxygen atoms in total. The van der Waals surface area contributed by atoms with Crippen molar-refractivity contribution in [2.75, 3.05) is 17.8 Å². The van der Waals surface area contributed by atoms with Crippen molar-refractivity contribution in [1.82, 2.24) is 20.3 Å². The first-order valence-corrected chi connectivity index (χ1v) is 9.34. The molecule has 0 aliphatic carbocycles. The molecule has 142 valence electrons. The predicted octanol–water partition coefficient (Wildman–Crippen LogP) is 3.39. The lowest BCUT2D eigenvalue weighted by Gasteiger charge is -2.16. The normalized spacial score (nSPS) is 10.6. The Labute approximate surface area is 169 Å². The van der Waals surface area contributed by atoms with Gasteiger partial charge in [-0.15, -0.1) is 4.79 Å². The summed E-state index contributed by atoms with van der Waals surface area (Å²) in [6.07, 6.45) is 0. The zero-order chi connectivity index (χ0) is 19.2. The van der Waals surface area contributed by atoms with E-state index in [2.05, 4.69) is 36.9 Å². The van der Waals surface area contributed by atoms with Gasteiger partial charge in [0.25, 0.3) is 5.95 Å². The highest BCUT2D eigenvalue weighted by molar-refractivity contribution is 9.10. The van der Waals surface area contributed by atoms with Crippen LogP contribution in [0.1, 0.15) is 18.1 Å². The maximum Gasteiger partial charge on any atom is 0.260 e. The number of tetrazole rings is 1.